The maximum absolute atomic E-state index is 10.6. The zero-order chi connectivity index (χ0) is 9.40. The van der Waals surface area contributed by atoms with Crippen molar-refractivity contribution in [3.8, 4) is 0 Å². The van der Waals surface area contributed by atoms with Gasteiger partial charge in [0.2, 0.25) is 0 Å². The van der Waals surface area contributed by atoms with Crippen LogP contribution in [-0.2, 0) is 4.79 Å². The minimum atomic E-state index is -0.832. The molecule has 12 heavy (non-hydrogen) atoms. The zero-order valence-electron chi connectivity index (χ0n) is 7.04. The van der Waals surface area contributed by atoms with Crippen molar-refractivity contribution in [2.75, 3.05) is 6.54 Å². The Hall–Kier alpha value is -1.10. The molecule has 2 N–H and O–H groups in total. The van der Waals surface area contributed by atoms with Crippen LogP contribution in [-0.4, -0.2) is 29.3 Å². The SMILES string of the molecule is CCCCCNC(=O)N(O)[C]=O. The number of nitrogens with zero attached hydrogens (tertiary/aromatic N) is 1. The Bertz CT molecular complexity index is 150. The lowest BCUT2D eigenvalue weighted by molar-refractivity contribution is 0.0236. The molecule has 0 fully saturated rings. The van der Waals surface area contributed by atoms with Gasteiger partial charge in [0.05, 0.1) is 0 Å². The molecule has 0 aliphatic heterocycles. The lowest BCUT2D eigenvalue weighted by Crippen LogP contribution is -2.37. The van der Waals surface area contributed by atoms with E-state index in [9.17, 15) is 9.59 Å². The van der Waals surface area contributed by atoms with Gasteiger partial charge in [0, 0.05) is 6.54 Å². The van der Waals surface area contributed by atoms with E-state index in [-0.39, 0.29) is 5.06 Å². The van der Waals surface area contributed by atoms with E-state index in [0.717, 1.165) is 25.7 Å². The van der Waals surface area contributed by atoms with Gasteiger partial charge >= 0.3 is 12.4 Å². The Morgan fingerprint density at radius 3 is 2.75 bits per heavy atom. The Kier molecular flexibility index (Phi) is 6.00. The van der Waals surface area contributed by atoms with Crippen LogP contribution < -0.4 is 5.32 Å². The summed E-state index contributed by atoms with van der Waals surface area (Å²) in [6.07, 6.45) is 3.94. The quantitative estimate of drug-likeness (QED) is 0.277. The van der Waals surface area contributed by atoms with E-state index < -0.39 is 6.03 Å². The summed E-state index contributed by atoms with van der Waals surface area (Å²) < 4.78 is 0. The van der Waals surface area contributed by atoms with Crippen molar-refractivity contribution >= 4 is 12.4 Å². The first-order valence-corrected chi connectivity index (χ1v) is 3.87. The van der Waals surface area contributed by atoms with E-state index in [4.69, 9.17) is 5.21 Å². The Morgan fingerprint density at radius 1 is 1.58 bits per heavy atom. The average Bonchev–Trinajstić information content (AvgIpc) is 2.10. The minimum absolute atomic E-state index is 0.133. The van der Waals surface area contributed by atoms with Gasteiger partial charge < -0.3 is 5.32 Å². The molecule has 69 valence electrons. The van der Waals surface area contributed by atoms with Gasteiger partial charge in [-0.2, -0.15) is 0 Å². The van der Waals surface area contributed by atoms with Crippen LogP contribution in [0, 0.1) is 0 Å². The number of hydroxylamine groups is 2. The number of urea groups is 1. The van der Waals surface area contributed by atoms with Gasteiger partial charge in [-0.1, -0.05) is 19.8 Å². The fraction of sp³-hybridized carbons (Fsp3) is 0.714. The third-order valence-corrected chi connectivity index (χ3v) is 1.34. The van der Waals surface area contributed by atoms with Gasteiger partial charge in [0.15, 0.2) is 0 Å². The van der Waals surface area contributed by atoms with E-state index in [1.54, 1.807) is 0 Å². The normalized spacial score (nSPS) is 9.17. The molecule has 0 unspecified atom stereocenters. The summed E-state index contributed by atoms with van der Waals surface area (Å²) in [5.74, 6) is 0. The van der Waals surface area contributed by atoms with Crippen molar-refractivity contribution in [2.24, 2.45) is 0 Å². The van der Waals surface area contributed by atoms with Crippen molar-refractivity contribution in [1.82, 2.24) is 10.4 Å². The summed E-state index contributed by atoms with van der Waals surface area (Å²) in [6, 6.07) is -0.832. The first kappa shape index (κ1) is 10.9. The molecule has 0 aromatic heterocycles. The van der Waals surface area contributed by atoms with Crippen molar-refractivity contribution in [2.45, 2.75) is 26.2 Å². The topological polar surface area (TPSA) is 69.6 Å². The van der Waals surface area contributed by atoms with E-state index in [2.05, 4.69) is 5.32 Å². The molecule has 3 amide bonds. The molecule has 0 spiro atoms. The third kappa shape index (κ3) is 4.68. The van der Waals surface area contributed by atoms with E-state index in [1.165, 1.54) is 0 Å². The second kappa shape index (κ2) is 6.60. The number of hydrogen-bond acceptors (Lipinski definition) is 3. The highest BCUT2D eigenvalue weighted by Crippen LogP contribution is 1.91. The minimum Gasteiger partial charge on any atom is -0.336 e. The number of carbonyl (C=O) groups is 1. The molecule has 0 aromatic rings. The zero-order valence-corrected chi connectivity index (χ0v) is 7.04. The molecule has 0 aromatic carbocycles. The van der Waals surface area contributed by atoms with Gasteiger partial charge in [-0.15, -0.1) is 5.06 Å². The Balaban J connectivity index is 3.37. The highest BCUT2D eigenvalue weighted by Gasteiger charge is 2.07. The fourth-order valence-electron chi connectivity index (χ4n) is 0.687. The van der Waals surface area contributed by atoms with Gasteiger partial charge in [0.25, 0.3) is 0 Å². The molecule has 0 bridgehead atoms. The van der Waals surface area contributed by atoms with Crippen LogP contribution in [0.1, 0.15) is 26.2 Å². The number of hydrogen-bond donors (Lipinski definition) is 2. The first-order chi connectivity index (χ1) is 5.72. The predicted octanol–water partition coefficient (Wildman–Crippen LogP) is 0.645. The molecule has 0 aliphatic carbocycles. The monoisotopic (exact) mass is 173 g/mol. The van der Waals surface area contributed by atoms with Crippen LogP contribution in [0.15, 0.2) is 0 Å². The van der Waals surface area contributed by atoms with Crippen molar-refractivity contribution in [3.05, 3.63) is 0 Å². The van der Waals surface area contributed by atoms with Gasteiger partial charge in [-0.05, 0) is 6.42 Å². The Labute approximate surface area is 71.3 Å². The lowest BCUT2D eigenvalue weighted by Gasteiger charge is -2.06. The molecule has 0 heterocycles. The summed E-state index contributed by atoms with van der Waals surface area (Å²) in [5, 5.41) is 10.7. The van der Waals surface area contributed by atoms with Gasteiger partial charge in [0.1, 0.15) is 0 Å². The lowest BCUT2D eigenvalue weighted by atomic mass is 10.2. The van der Waals surface area contributed by atoms with Crippen LogP contribution in [0.3, 0.4) is 0 Å². The van der Waals surface area contributed by atoms with E-state index in [0.29, 0.717) is 6.54 Å². The number of amides is 3. The number of nitrogens with one attached hydrogen (secondary N) is 1. The summed E-state index contributed by atoms with van der Waals surface area (Å²) in [7, 11) is 0. The molecule has 5 heteroatoms. The van der Waals surface area contributed by atoms with Crippen LogP contribution in [0.2, 0.25) is 0 Å². The standard InChI is InChI=1S/C7H13N2O3/c1-2-3-4-5-8-7(11)9(12)6-10/h12H,2-5H2,1H3,(H,8,11). The van der Waals surface area contributed by atoms with Crippen LogP contribution in [0.25, 0.3) is 0 Å². The second-order valence-electron chi connectivity index (χ2n) is 2.34. The highest BCUT2D eigenvalue weighted by atomic mass is 16.5. The number of imide groups is 1. The Morgan fingerprint density at radius 2 is 2.25 bits per heavy atom. The molecule has 0 atom stereocenters. The molecule has 0 aliphatic rings. The number of rotatable bonds is 5. The fourth-order valence-corrected chi connectivity index (χ4v) is 0.687. The highest BCUT2D eigenvalue weighted by molar-refractivity contribution is 5.82. The van der Waals surface area contributed by atoms with Crippen molar-refractivity contribution in [1.29, 1.82) is 0 Å². The first-order valence-electron chi connectivity index (χ1n) is 3.87. The van der Waals surface area contributed by atoms with Crippen molar-refractivity contribution in [3.63, 3.8) is 0 Å². The molecular weight excluding hydrogens is 160 g/mol. The van der Waals surface area contributed by atoms with Crippen LogP contribution in [0.5, 0.6) is 0 Å². The van der Waals surface area contributed by atoms with E-state index >= 15 is 0 Å². The number of carbonyl (C=O) groups excluding carboxylic acids is 2. The van der Waals surface area contributed by atoms with Gasteiger partial charge in [-0.25, -0.2) is 4.79 Å². The maximum Gasteiger partial charge on any atom is 0.349 e. The smallest absolute Gasteiger partial charge is 0.336 e. The molecule has 0 saturated heterocycles. The van der Waals surface area contributed by atoms with E-state index in [1.807, 2.05) is 6.92 Å². The molecule has 1 radical (unpaired) electrons. The summed E-state index contributed by atoms with van der Waals surface area (Å²) in [6.45, 7) is 2.50. The molecule has 0 rings (SSSR count). The summed E-state index contributed by atoms with van der Waals surface area (Å²) in [4.78, 5) is 20.4. The molecule has 0 saturated carbocycles. The number of unbranched alkanes of at least 4 members (excludes halogenated alkanes) is 2. The van der Waals surface area contributed by atoms with Crippen LogP contribution in [0.4, 0.5) is 4.79 Å². The molecule has 5 nitrogen and oxygen atoms in total. The molecular formula is C7H13N2O3. The average molecular weight is 173 g/mol. The van der Waals surface area contributed by atoms with Crippen molar-refractivity contribution < 1.29 is 14.8 Å². The summed E-state index contributed by atoms with van der Waals surface area (Å²) in [5.41, 5.74) is 0. The second-order valence-corrected chi connectivity index (χ2v) is 2.34. The summed E-state index contributed by atoms with van der Waals surface area (Å²) >= 11 is 0. The predicted molar refractivity (Wildman–Crippen MR) is 42.2 cm³/mol. The maximum atomic E-state index is 10.6. The van der Waals surface area contributed by atoms with Crippen LogP contribution >= 0.6 is 0 Å². The third-order valence-electron chi connectivity index (χ3n) is 1.34. The van der Waals surface area contributed by atoms with Gasteiger partial charge in [-0.3, -0.25) is 10.0 Å². The largest absolute Gasteiger partial charge is 0.349 e.